The normalized spacial score (nSPS) is 15.4. The van der Waals surface area contributed by atoms with Crippen molar-refractivity contribution in [2.75, 3.05) is 139 Å². The van der Waals surface area contributed by atoms with Gasteiger partial charge in [-0.2, -0.15) is 13.2 Å². The summed E-state index contributed by atoms with van der Waals surface area (Å²) in [7, 11) is 1.63. The first-order chi connectivity index (χ1) is 29.7. The lowest BCUT2D eigenvalue weighted by atomic mass is 9.93. The summed E-state index contributed by atoms with van der Waals surface area (Å²) in [6.07, 6.45) is -4.29. The molecule has 2 heterocycles. The molecule has 19 heteroatoms. The molecule has 0 bridgehead atoms. The monoisotopic (exact) mass is 870 g/mol. The first-order valence-corrected chi connectivity index (χ1v) is 20.2. The van der Waals surface area contributed by atoms with Gasteiger partial charge >= 0.3 is 12.1 Å². The fourth-order valence-corrected chi connectivity index (χ4v) is 6.05. The second-order valence-corrected chi connectivity index (χ2v) is 13.5. The number of nitrogens with one attached hydrogen (secondary N) is 2. The van der Waals surface area contributed by atoms with E-state index in [0.29, 0.717) is 123 Å². The number of H-pyrrole nitrogens is 1. The van der Waals surface area contributed by atoms with Crippen molar-refractivity contribution in [2.45, 2.75) is 24.6 Å². The summed E-state index contributed by atoms with van der Waals surface area (Å²) in [5.74, 6) is -1.51. The number of pyridine rings is 1. The summed E-state index contributed by atoms with van der Waals surface area (Å²) in [6, 6.07) is 10.9. The molecule has 16 nitrogen and oxygen atoms in total. The van der Waals surface area contributed by atoms with E-state index in [1.807, 2.05) is 0 Å². The van der Waals surface area contributed by atoms with Gasteiger partial charge < -0.3 is 62.4 Å². The average molecular weight is 871 g/mol. The molecule has 0 radical (unpaired) electrons. The van der Waals surface area contributed by atoms with Crippen LogP contribution in [0.3, 0.4) is 0 Å². The van der Waals surface area contributed by atoms with Crippen LogP contribution in [0.25, 0.3) is 22.0 Å². The molecule has 1 unspecified atom stereocenters. The number of alkyl halides is 3. The quantitative estimate of drug-likeness (QED) is 0.0671. The maximum atomic E-state index is 13.6. The van der Waals surface area contributed by atoms with Crippen LogP contribution in [-0.2, 0) is 67.9 Å². The highest BCUT2D eigenvalue weighted by Crippen LogP contribution is 2.37. The zero-order valence-corrected chi connectivity index (χ0v) is 34.5. The first kappa shape index (κ1) is 49.6. The molecule has 1 aliphatic rings. The van der Waals surface area contributed by atoms with Crippen molar-refractivity contribution in [1.82, 2.24) is 10.3 Å². The number of fused-ring (bicyclic) bond motifs is 1. The largest absolute Gasteiger partial charge is 0.462 e. The van der Waals surface area contributed by atoms with Crippen LogP contribution in [0.2, 0.25) is 0 Å². The van der Waals surface area contributed by atoms with E-state index in [1.165, 1.54) is 24.3 Å². The summed E-state index contributed by atoms with van der Waals surface area (Å²) in [5.41, 5.74) is -0.996. The third-order valence-electron chi connectivity index (χ3n) is 9.05. The minimum absolute atomic E-state index is 0.0322. The highest BCUT2D eigenvalue weighted by Gasteiger charge is 2.35. The van der Waals surface area contributed by atoms with E-state index >= 15 is 0 Å². The highest BCUT2D eigenvalue weighted by molar-refractivity contribution is 5.90. The molecule has 0 saturated carbocycles. The summed E-state index contributed by atoms with van der Waals surface area (Å²) < 4.78 is 99.7. The van der Waals surface area contributed by atoms with E-state index in [4.69, 9.17) is 52.1 Å². The fraction of sp³-hybridized carbons (Fsp3) is 0.595. The van der Waals surface area contributed by atoms with Gasteiger partial charge in [-0.3, -0.25) is 9.59 Å². The second kappa shape index (κ2) is 28.6. The van der Waals surface area contributed by atoms with Crippen molar-refractivity contribution in [1.29, 1.82) is 0 Å². The molecule has 1 fully saturated rings. The van der Waals surface area contributed by atoms with Gasteiger partial charge in [0.2, 0.25) is 5.91 Å². The van der Waals surface area contributed by atoms with Crippen LogP contribution in [-0.4, -0.2) is 162 Å². The molecule has 1 aliphatic heterocycles. The molecular formula is C42H57F3N2O14. The summed E-state index contributed by atoms with van der Waals surface area (Å²) in [5, 5.41) is 3.46. The van der Waals surface area contributed by atoms with Gasteiger partial charge in [0.25, 0.3) is 5.56 Å². The predicted octanol–water partition coefficient (Wildman–Crippen LogP) is 3.53. The number of ether oxygens (including phenoxy) is 11. The number of hydrogen-bond donors (Lipinski definition) is 2. The minimum atomic E-state index is -4.60. The molecule has 2 atom stereocenters. The lowest BCUT2D eigenvalue weighted by molar-refractivity contribution is -0.150. The van der Waals surface area contributed by atoms with Crippen molar-refractivity contribution in [2.24, 2.45) is 0 Å². The maximum Gasteiger partial charge on any atom is 0.417 e. The molecule has 1 saturated heterocycles. The standard InChI is InChI=1S/C42H57F3N2O14/c1-51-8-9-52-10-11-53-12-13-54-14-15-55-16-17-56-18-19-57-20-21-58-22-23-59-24-25-60-30-39(48)61-29-33-28-36(40(49)46-33)31-6-7-32-27-38(47-41(50)35(32)26-31)34-4-2-3-5-37(34)42(43,44)45/h2-7,26-27,33,36H,8-25,28-30H2,1H3,(H,46,49)(H,47,50)/t33?,36-/m0/s1. The maximum absolute atomic E-state index is 13.6. The van der Waals surface area contributed by atoms with Gasteiger partial charge in [0.15, 0.2) is 0 Å². The minimum Gasteiger partial charge on any atom is -0.462 e. The van der Waals surface area contributed by atoms with E-state index in [1.54, 1.807) is 25.3 Å². The number of halogens is 3. The number of hydrogen-bond acceptors (Lipinski definition) is 14. The van der Waals surface area contributed by atoms with Crippen molar-refractivity contribution in [3.8, 4) is 11.3 Å². The van der Waals surface area contributed by atoms with Gasteiger partial charge in [-0.05, 0) is 35.6 Å². The van der Waals surface area contributed by atoms with E-state index in [0.717, 1.165) is 6.07 Å². The van der Waals surface area contributed by atoms with Gasteiger partial charge in [-0.25, -0.2) is 4.79 Å². The Hall–Kier alpha value is -4.02. The molecule has 61 heavy (non-hydrogen) atoms. The molecule has 3 aromatic rings. The molecule has 2 N–H and O–H groups in total. The number of amides is 1. The van der Waals surface area contributed by atoms with Crippen LogP contribution in [0.15, 0.2) is 53.3 Å². The van der Waals surface area contributed by atoms with E-state index in [-0.39, 0.29) is 49.0 Å². The van der Waals surface area contributed by atoms with Gasteiger partial charge in [0, 0.05) is 23.8 Å². The van der Waals surface area contributed by atoms with Crippen molar-refractivity contribution < 1.29 is 74.9 Å². The lowest BCUT2D eigenvalue weighted by Crippen LogP contribution is -2.31. The van der Waals surface area contributed by atoms with Gasteiger partial charge in [-0.15, -0.1) is 0 Å². The number of aromatic nitrogens is 1. The lowest BCUT2D eigenvalue weighted by Gasteiger charge is -2.14. The predicted molar refractivity (Wildman–Crippen MR) is 215 cm³/mol. The molecule has 1 amide bonds. The zero-order chi connectivity index (χ0) is 43.5. The topological polar surface area (TPSA) is 181 Å². The molecule has 340 valence electrons. The number of benzene rings is 2. The number of aromatic amines is 1. The summed E-state index contributed by atoms with van der Waals surface area (Å²) >= 11 is 0. The molecule has 4 rings (SSSR count). The Morgan fingerprint density at radius 2 is 1.15 bits per heavy atom. The number of esters is 1. The molecule has 1 aromatic heterocycles. The number of methoxy groups -OCH3 is 1. The summed E-state index contributed by atoms with van der Waals surface area (Å²) in [4.78, 5) is 40.6. The Balaban J connectivity index is 0.941. The Bertz CT molecular complexity index is 1780. The van der Waals surface area contributed by atoms with Crippen molar-refractivity contribution in [3.05, 3.63) is 70.0 Å². The number of rotatable bonds is 33. The van der Waals surface area contributed by atoms with Crippen molar-refractivity contribution in [3.63, 3.8) is 0 Å². The highest BCUT2D eigenvalue weighted by atomic mass is 19.4. The van der Waals surface area contributed by atoms with E-state index < -0.39 is 35.2 Å². The summed E-state index contributed by atoms with van der Waals surface area (Å²) in [6.45, 7) is 7.51. The smallest absolute Gasteiger partial charge is 0.417 e. The van der Waals surface area contributed by atoms with Crippen LogP contribution in [0.5, 0.6) is 0 Å². The third kappa shape index (κ3) is 18.9. The number of carbonyl (C=O) groups is 2. The average Bonchev–Trinajstić information content (AvgIpc) is 3.63. The van der Waals surface area contributed by atoms with Gasteiger partial charge in [-0.1, -0.05) is 30.3 Å². The van der Waals surface area contributed by atoms with E-state index in [9.17, 15) is 27.6 Å². The van der Waals surface area contributed by atoms with Crippen LogP contribution in [0.1, 0.15) is 23.5 Å². The third-order valence-corrected chi connectivity index (χ3v) is 9.05. The Labute approximate surface area is 352 Å². The van der Waals surface area contributed by atoms with Crippen LogP contribution < -0.4 is 10.9 Å². The van der Waals surface area contributed by atoms with Crippen LogP contribution in [0.4, 0.5) is 13.2 Å². The zero-order valence-electron chi connectivity index (χ0n) is 34.5. The molecular weight excluding hydrogens is 813 g/mol. The molecule has 0 aliphatic carbocycles. The van der Waals surface area contributed by atoms with Crippen LogP contribution >= 0.6 is 0 Å². The first-order valence-electron chi connectivity index (χ1n) is 20.2. The Morgan fingerprint density at radius 1 is 0.656 bits per heavy atom. The van der Waals surface area contributed by atoms with Crippen molar-refractivity contribution >= 4 is 22.6 Å². The van der Waals surface area contributed by atoms with E-state index in [2.05, 4.69) is 10.3 Å². The van der Waals surface area contributed by atoms with Gasteiger partial charge in [0.1, 0.15) is 13.2 Å². The number of carbonyl (C=O) groups excluding carboxylic acids is 2. The second-order valence-electron chi connectivity index (χ2n) is 13.5. The Kier molecular flexibility index (Phi) is 23.2. The SMILES string of the molecule is COCCOCCOCCOCCOCCOCCOCCOCCOCCOCC(=O)OCC1C[C@@H](c2ccc3cc(-c4ccccc4C(F)(F)F)[nH]c(=O)c3c2)C(=O)N1. The molecule has 2 aromatic carbocycles. The van der Waals surface area contributed by atoms with Crippen LogP contribution in [0, 0.1) is 0 Å². The molecule has 0 spiro atoms. The Morgan fingerprint density at radius 3 is 1.66 bits per heavy atom. The van der Waals surface area contributed by atoms with Gasteiger partial charge in [0.05, 0.1) is 136 Å². The fourth-order valence-electron chi connectivity index (χ4n) is 6.05.